The van der Waals surface area contributed by atoms with Crippen molar-refractivity contribution in [3.05, 3.63) is 82.9 Å². The third-order valence-electron chi connectivity index (χ3n) is 5.48. The number of carbonyl (C=O) groups excluding carboxylic acids is 2. The zero-order valence-electron chi connectivity index (χ0n) is 21.3. The molecule has 36 heavy (non-hydrogen) atoms. The number of hydrogen-bond donors (Lipinski definition) is 2. The lowest BCUT2D eigenvalue weighted by molar-refractivity contribution is 0.0954. The molecule has 8 nitrogen and oxygen atoms in total. The summed E-state index contributed by atoms with van der Waals surface area (Å²) in [6.07, 6.45) is 1.47. The van der Waals surface area contributed by atoms with Crippen LogP contribution in [0.5, 0.6) is 17.2 Å². The summed E-state index contributed by atoms with van der Waals surface area (Å²) in [6, 6.07) is 17.5. The average Bonchev–Trinajstić information content (AvgIpc) is 2.87. The third-order valence-corrected chi connectivity index (χ3v) is 5.48. The molecule has 0 aliphatic heterocycles. The van der Waals surface area contributed by atoms with Crippen LogP contribution in [0.15, 0.2) is 65.8 Å². The number of hydrazone groups is 1. The fourth-order valence-corrected chi connectivity index (χ4v) is 3.44. The molecule has 0 aromatic heterocycles. The number of nitrogens with zero attached hydrogens (tertiary/aromatic N) is 1. The molecular weight excluding hydrogens is 458 g/mol. The SMILES string of the molecule is COc1cc(/C=N/NC(=O)c2ccc(NC(=O)c3ccc(C(C)(C)C)cc3)cc2)cc(OC)c1OC. The smallest absolute Gasteiger partial charge is 0.271 e. The molecule has 8 heteroatoms. The van der Waals surface area contributed by atoms with Gasteiger partial charge in [-0.1, -0.05) is 32.9 Å². The number of nitrogens with one attached hydrogen (secondary N) is 2. The second-order valence-electron chi connectivity index (χ2n) is 9.02. The minimum Gasteiger partial charge on any atom is -0.493 e. The van der Waals surface area contributed by atoms with Crippen LogP contribution >= 0.6 is 0 Å². The fourth-order valence-electron chi connectivity index (χ4n) is 3.44. The summed E-state index contributed by atoms with van der Waals surface area (Å²) in [4.78, 5) is 25.0. The second-order valence-corrected chi connectivity index (χ2v) is 9.02. The Morgan fingerprint density at radius 2 is 1.31 bits per heavy atom. The van der Waals surface area contributed by atoms with Gasteiger partial charge in [-0.2, -0.15) is 5.10 Å². The van der Waals surface area contributed by atoms with Crippen LogP contribution in [0.3, 0.4) is 0 Å². The minimum absolute atomic E-state index is 0.0177. The summed E-state index contributed by atoms with van der Waals surface area (Å²) in [5, 5.41) is 6.86. The van der Waals surface area contributed by atoms with E-state index < -0.39 is 5.91 Å². The summed E-state index contributed by atoms with van der Waals surface area (Å²) in [7, 11) is 4.57. The molecule has 0 fully saturated rings. The highest BCUT2D eigenvalue weighted by atomic mass is 16.5. The number of benzene rings is 3. The van der Waals surface area contributed by atoms with Gasteiger partial charge in [0, 0.05) is 22.4 Å². The first kappa shape index (κ1) is 26.3. The molecule has 0 radical (unpaired) electrons. The van der Waals surface area contributed by atoms with Crippen LogP contribution < -0.4 is 25.0 Å². The second kappa shape index (κ2) is 11.4. The molecule has 0 saturated carbocycles. The van der Waals surface area contributed by atoms with E-state index in [1.54, 1.807) is 36.4 Å². The first-order valence-electron chi connectivity index (χ1n) is 11.3. The highest BCUT2D eigenvalue weighted by molar-refractivity contribution is 6.04. The van der Waals surface area contributed by atoms with Crippen molar-refractivity contribution in [3.8, 4) is 17.2 Å². The number of hydrogen-bond acceptors (Lipinski definition) is 6. The molecule has 0 aliphatic carbocycles. The van der Waals surface area contributed by atoms with E-state index in [-0.39, 0.29) is 11.3 Å². The van der Waals surface area contributed by atoms with Gasteiger partial charge in [0.2, 0.25) is 5.75 Å². The van der Waals surface area contributed by atoms with E-state index in [1.165, 1.54) is 27.5 Å². The van der Waals surface area contributed by atoms with Gasteiger partial charge >= 0.3 is 0 Å². The molecule has 0 saturated heterocycles. The van der Waals surface area contributed by atoms with Crippen LogP contribution in [0.2, 0.25) is 0 Å². The van der Waals surface area contributed by atoms with Crippen molar-refractivity contribution in [3.63, 3.8) is 0 Å². The summed E-state index contributed by atoms with van der Waals surface area (Å²) in [5.41, 5.74) is 5.84. The van der Waals surface area contributed by atoms with Crippen LogP contribution in [0.1, 0.15) is 52.6 Å². The van der Waals surface area contributed by atoms with E-state index >= 15 is 0 Å². The van der Waals surface area contributed by atoms with Crippen LogP contribution in [0.25, 0.3) is 0 Å². The maximum Gasteiger partial charge on any atom is 0.271 e. The Hall–Kier alpha value is -4.33. The molecule has 3 aromatic carbocycles. The maximum absolute atomic E-state index is 12.6. The largest absolute Gasteiger partial charge is 0.493 e. The third kappa shape index (κ3) is 6.41. The van der Waals surface area contributed by atoms with Crippen molar-refractivity contribution in [2.24, 2.45) is 5.10 Å². The molecule has 0 atom stereocenters. The molecule has 3 aromatic rings. The molecule has 0 unspecified atom stereocenters. The molecule has 0 bridgehead atoms. The summed E-state index contributed by atoms with van der Waals surface area (Å²) >= 11 is 0. The Kier molecular flexibility index (Phi) is 8.32. The molecule has 0 spiro atoms. The van der Waals surface area contributed by atoms with Gasteiger partial charge in [-0.3, -0.25) is 9.59 Å². The Morgan fingerprint density at radius 1 is 0.778 bits per heavy atom. The summed E-state index contributed by atoms with van der Waals surface area (Å²) in [5.74, 6) is 0.812. The van der Waals surface area contributed by atoms with Gasteiger partial charge in [0.1, 0.15) is 0 Å². The standard InChI is InChI=1S/C28H31N3O5/c1-28(2,3)21-11-7-19(8-12-21)26(32)30-22-13-9-20(10-14-22)27(33)31-29-17-18-15-23(34-4)25(36-6)24(16-18)35-5/h7-17H,1-6H3,(H,30,32)(H,31,33)/b29-17+. The highest BCUT2D eigenvalue weighted by Gasteiger charge is 2.15. The van der Waals surface area contributed by atoms with Crippen molar-refractivity contribution in [1.29, 1.82) is 0 Å². The molecule has 0 aliphatic rings. The number of amides is 2. The lowest BCUT2D eigenvalue weighted by atomic mass is 9.87. The number of anilines is 1. The Labute approximate surface area is 211 Å². The van der Waals surface area contributed by atoms with Crippen LogP contribution in [-0.2, 0) is 5.41 Å². The molecular formula is C28H31N3O5. The number of ether oxygens (including phenoxy) is 3. The predicted octanol–water partition coefficient (Wildman–Crippen LogP) is 5.03. The normalized spacial score (nSPS) is 11.2. The fraction of sp³-hybridized carbons (Fsp3) is 0.250. The monoisotopic (exact) mass is 489 g/mol. The molecule has 188 valence electrons. The highest BCUT2D eigenvalue weighted by Crippen LogP contribution is 2.37. The van der Waals surface area contributed by atoms with Crippen molar-refractivity contribution >= 4 is 23.7 Å². The van der Waals surface area contributed by atoms with Gasteiger partial charge in [-0.05, 0) is 59.5 Å². The molecule has 2 amide bonds. The van der Waals surface area contributed by atoms with Gasteiger partial charge in [-0.25, -0.2) is 5.43 Å². The predicted molar refractivity (Wildman–Crippen MR) is 141 cm³/mol. The summed E-state index contributed by atoms with van der Waals surface area (Å²) < 4.78 is 15.9. The van der Waals surface area contributed by atoms with Gasteiger partial charge in [-0.15, -0.1) is 0 Å². The van der Waals surface area contributed by atoms with E-state index in [0.717, 1.165) is 5.56 Å². The van der Waals surface area contributed by atoms with Crippen molar-refractivity contribution in [1.82, 2.24) is 5.43 Å². The minimum atomic E-state index is -0.394. The maximum atomic E-state index is 12.6. The Balaban J connectivity index is 1.61. The van der Waals surface area contributed by atoms with Crippen LogP contribution in [-0.4, -0.2) is 39.4 Å². The first-order chi connectivity index (χ1) is 17.2. The van der Waals surface area contributed by atoms with Gasteiger partial charge in [0.15, 0.2) is 11.5 Å². The van der Waals surface area contributed by atoms with E-state index in [0.29, 0.717) is 39.6 Å². The molecule has 3 rings (SSSR count). The lowest BCUT2D eigenvalue weighted by Gasteiger charge is -2.19. The van der Waals surface area contributed by atoms with Gasteiger partial charge < -0.3 is 19.5 Å². The van der Waals surface area contributed by atoms with Crippen LogP contribution in [0.4, 0.5) is 5.69 Å². The summed E-state index contributed by atoms with van der Waals surface area (Å²) in [6.45, 7) is 6.37. The number of rotatable bonds is 8. The van der Waals surface area contributed by atoms with Gasteiger partial charge in [0.25, 0.3) is 11.8 Å². The number of carbonyl (C=O) groups is 2. The van der Waals surface area contributed by atoms with Crippen molar-refractivity contribution in [2.75, 3.05) is 26.6 Å². The first-order valence-corrected chi connectivity index (χ1v) is 11.3. The zero-order chi connectivity index (χ0) is 26.3. The van der Waals surface area contributed by atoms with Crippen molar-refractivity contribution < 1.29 is 23.8 Å². The molecule has 0 heterocycles. The zero-order valence-corrected chi connectivity index (χ0v) is 21.3. The van der Waals surface area contributed by atoms with E-state index in [4.69, 9.17) is 14.2 Å². The lowest BCUT2D eigenvalue weighted by Crippen LogP contribution is -2.18. The molecule has 2 N–H and O–H groups in total. The Morgan fingerprint density at radius 3 is 1.81 bits per heavy atom. The van der Waals surface area contributed by atoms with Gasteiger partial charge in [0.05, 0.1) is 27.5 Å². The average molecular weight is 490 g/mol. The van der Waals surface area contributed by atoms with Crippen molar-refractivity contribution in [2.45, 2.75) is 26.2 Å². The quantitative estimate of drug-likeness (QED) is 0.342. The van der Waals surface area contributed by atoms with E-state index in [1.807, 2.05) is 24.3 Å². The topological polar surface area (TPSA) is 98.2 Å². The van der Waals surface area contributed by atoms with Crippen LogP contribution in [0, 0.1) is 0 Å². The van der Waals surface area contributed by atoms with E-state index in [9.17, 15) is 9.59 Å². The van der Waals surface area contributed by atoms with E-state index in [2.05, 4.69) is 36.6 Å². The number of methoxy groups -OCH3 is 3. The Bertz CT molecular complexity index is 1220.